The number of anilines is 1. The van der Waals surface area contributed by atoms with Gasteiger partial charge in [0.15, 0.2) is 16.7 Å². The zero-order valence-corrected chi connectivity index (χ0v) is 18.9. The number of nitrogens with zero attached hydrogens (tertiary/aromatic N) is 5. The van der Waals surface area contributed by atoms with Gasteiger partial charge < -0.3 is 9.64 Å². The molecule has 0 N–H and O–H groups in total. The number of hydrogen-bond acceptors (Lipinski definition) is 8. The summed E-state index contributed by atoms with van der Waals surface area (Å²) in [6.07, 6.45) is 0. The number of thioether (sulfide) groups is 1. The van der Waals surface area contributed by atoms with Gasteiger partial charge in [-0.25, -0.2) is 5.01 Å². The largest absolute Gasteiger partial charge is 0.497 e. The molecule has 2 aliphatic rings. The van der Waals surface area contributed by atoms with Gasteiger partial charge in [-0.15, -0.1) is 5.10 Å². The van der Waals surface area contributed by atoms with Crippen LogP contribution in [0.1, 0.15) is 19.4 Å². The smallest absolute Gasteiger partial charge is 0.292 e. The van der Waals surface area contributed by atoms with Crippen LogP contribution in [0.2, 0.25) is 5.02 Å². The molecular formula is C21H20ClN5O3S. The molecule has 2 aromatic rings. The molecule has 160 valence electrons. The van der Waals surface area contributed by atoms with E-state index in [0.717, 1.165) is 17.3 Å². The van der Waals surface area contributed by atoms with Gasteiger partial charge in [0, 0.05) is 26.5 Å². The maximum Gasteiger partial charge on any atom is 0.292 e. The van der Waals surface area contributed by atoms with Crippen LogP contribution in [0.5, 0.6) is 5.75 Å². The molecule has 2 heterocycles. The molecule has 0 saturated heterocycles. The molecule has 2 aromatic carbocycles. The molecule has 1 spiro atoms. The number of amidine groups is 1. The van der Waals surface area contributed by atoms with Crippen molar-refractivity contribution in [1.82, 2.24) is 9.91 Å². The van der Waals surface area contributed by atoms with Gasteiger partial charge in [0.05, 0.1) is 17.8 Å². The van der Waals surface area contributed by atoms with Gasteiger partial charge in [-0.05, 0) is 48.2 Å². The number of methoxy groups -OCH3 is 1. The van der Waals surface area contributed by atoms with Gasteiger partial charge in [-0.3, -0.25) is 9.59 Å². The third-order valence-corrected chi connectivity index (χ3v) is 6.73. The molecule has 8 nitrogen and oxygen atoms in total. The molecule has 0 bridgehead atoms. The predicted molar refractivity (Wildman–Crippen MR) is 122 cm³/mol. The first-order valence-corrected chi connectivity index (χ1v) is 10.6. The molecule has 1 atom stereocenters. The normalized spacial score (nSPS) is 20.2. The number of hydrogen-bond donors (Lipinski definition) is 0. The van der Waals surface area contributed by atoms with E-state index in [0.29, 0.717) is 22.3 Å². The van der Waals surface area contributed by atoms with Crippen molar-refractivity contribution in [3.63, 3.8) is 0 Å². The molecule has 0 fully saturated rings. The second kappa shape index (κ2) is 7.90. The first-order valence-electron chi connectivity index (χ1n) is 9.40. The van der Waals surface area contributed by atoms with Crippen molar-refractivity contribution in [2.45, 2.75) is 19.0 Å². The van der Waals surface area contributed by atoms with Crippen LogP contribution in [0.4, 0.5) is 5.69 Å². The van der Waals surface area contributed by atoms with Crippen LogP contribution in [-0.2, 0) is 9.59 Å². The second-order valence-corrected chi connectivity index (χ2v) is 8.49. The van der Waals surface area contributed by atoms with Crippen molar-refractivity contribution < 1.29 is 14.3 Å². The van der Waals surface area contributed by atoms with E-state index >= 15 is 0 Å². The van der Waals surface area contributed by atoms with E-state index in [9.17, 15) is 9.59 Å². The van der Waals surface area contributed by atoms with Gasteiger partial charge in [0.1, 0.15) is 5.75 Å². The summed E-state index contributed by atoms with van der Waals surface area (Å²) in [5.41, 5.74) is 1.33. The highest BCUT2D eigenvalue weighted by Gasteiger charge is 2.60. The zero-order chi connectivity index (χ0) is 22.3. The Hall–Kier alpha value is -3.04. The molecular weight excluding hydrogens is 438 g/mol. The van der Waals surface area contributed by atoms with E-state index in [-0.39, 0.29) is 16.7 Å². The highest BCUT2D eigenvalue weighted by molar-refractivity contribution is 8.17. The maximum atomic E-state index is 12.7. The number of ketones is 1. The quantitative estimate of drug-likeness (QED) is 0.698. The van der Waals surface area contributed by atoms with Gasteiger partial charge >= 0.3 is 0 Å². The van der Waals surface area contributed by atoms with Gasteiger partial charge in [-0.1, -0.05) is 23.7 Å². The summed E-state index contributed by atoms with van der Waals surface area (Å²) in [6, 6.07) is 14.5. The standard InChI is InChI=1S/C21H20ClN5O3S/c1-13(28)20-24-27(18-8-6-5-7-17(18)22)21(31-20)25(3)19(23-26(21)14(2)29)15-9-11-16(30-4)12-10-15/h5-12H,1-4H3/t21-/m0/s1. The summed E-state index contributed by atoms with van der Waals surface area (Å²) >= 11 is 7.63. The SMILES string of the molecule is COc1ccc(C2=NN(C(C)=O)[C@@]3(SC(C(C)=O)=NN3c3ccccc3Cl)N2C)cc1. The minimum absolute atomic E-state index is 0.214. The number of hydrazone groups is 2. The van der Waals surface area contributed by atoms with E-state index in [4.69, 9.17) is 16.3 Å². The van der Waals surface area contributed by atoms with Crippen LogP contribution in [0.15, 0.2) is 58.7 Å². The Kier molecular flexibility index (Phi) is 5.40. The molecule has 0 saturated carbocycles. The fraction of sp³-hybridized carbons (Fsp3) is 0.238. The minimum atomic E-state index is -1.26. The predicted octanol–water partition coefficient (Wildman–Crippen LogP) is 3.57. The molecule has 2 aliphatic heterocycles. The van der Waals surface area contributed by atoms with E-state index < -0.39 is 5.12 Å². The van der Waals surface area contributed by atoms with Crippen molar-refractivity contribution in [2.75, 3.05) is 19.2 Å². The Bertz CT molecular complexity index is 1120. The van der Waals surface area contributed by atoms with Gasteiger partial charge in [0.2, 0.25) is 5.91 Å². The second-order valence-electron chi connectivity index (χ2n) is 6.94. The van der Waals surface area contributed by atoms with Crippen molar-refractivity contribution >= 4 is 51.6 Å². The molecule has 10 heteroatoms. The number of rotatable bonds is 4. The Morgan fingerprint density at radius 1 is 1.06 bits per heavy atom. The minimum Gasteiger partial charge on any atom is -0.497 e. The molecule has 0 aliphatic carbocycles. The first-order chi connectivity index (χ1) is 14.8. The Morgan fingerprint density at radius 2 is 1.74 bits per heavy atom. The van der Waals surface area contributed by atoms with E-state index in [1.54, 1.807) is 37.4 Å². The van der Waals surface area contributed by atoms with Crippen LogP contribution in [0.3, 0.4) is 0 Å². The third-order valence-electron chi connectivity index (χ3n) is 4.95. The van der Waals surface area contributed by atoms with Crippen LogP contribution >= 0.6 is 23.4 Å². The summed E-state index contributed by atoms with van der Waals surface area (Å²) < 4.78 is 5.24. The highest BCUT2D eigenvalue weighted by atomic mass is 35.5. The van der Waals surface area contributed by atoms with Crippen LogP contribution in [0.25, 0.3) is 0 Å². The number of carbonyl (C=O) groups is 2. The Labute approximate surface area is 189 Å². The first kappa shape index (κ1) is 21.2. The zero-order valence-electron chi connectivity index (χ0n) is 17.4. The molecule has 31 heavy (non-hydrogen) atoms. The van der Waals surface area contributed by atoms with E-state index in [2.05, 4.69) is 10.2 Å². The molecule has 0 unspecified atom stereocenters. The lowest BCUT2D eigenvalue weighted by molar-refractivity contribution is -0.133. The van der Waals surface area contributed by atoms with Crippen LogP contribution < -0.4 is 9.75 Å². The number of Topliss-reactive ketones (excluding diaryl/α,β-unsaturated/α-hetero) is 1. The van der Waals surface area contributed by atoms with Crippen molar-refractivity contribution in [3.8, 4) is 5.75 Å². The summed E-state index contributed by atoms with van der Waals surface area (Å²) in [5, 5.41) is 11.5. The van der Waals surface area contributed by atoms with Gasteiger partial charge in [-0.2, -0.15) is 10.1 Å². The van der Waals surface area contributed by atoms with Gasteiger partial charge in [0.25, 0.3) is 5.12 Å². The summed E-state index contributed by atoms with van der Waals surface area (Å²) in [7, 11) is 3.40. The number of amides is 1. The molecule has 0 radical (unpaired) electrons. The fourth-order valence-electron chi connectivity index (χ4n) is 3.44. The lowest BCUT2D eigenvalue weighted by Crippen LogP contribution is -2.61. The van der Waals surface area contributed by atoms with E-state index in [1.807, 2.05) is 35.2 Å². The lowest BCUT2D eigenvalue weighted by Gasteiger charge is -2.42. The summed E-state index contributed by atoms with van der Waals surface area (Å²) in [4.78, 5) is 26.8. The summed E-state index contributed by atoms with van der Waals surface area (Å²) in [6.45, 7) is 2.86. The molecule has 4 rings (SSSR count). The number of benzene rings is 2. The van der Waals surface area contributed by atoms with Crippen LogP contribution in [0, 0.1) is 0 Å². The number of ether oxygens (including phenoxy) is 1. The number of para-hydroxylation sites is 1. The average Bonchev–Trinajstić information content (AvgIpc) is 3.29. The highest BCUT2D eigenvalue weighted by Crippen LogP contribution is 2.50. The number of halogens is 1. The van der Waals surface area contributed by atoms with Crippen molar-refractivity contribution in [3.05, 3.63) is 59.1 Å². The lowest BCUT2D eigenvalue weighted by atomic mass is 10.2. The third kappa shape index (κ3) is 3.34. The topological polar surface area (TPSA) is 77.8 Å². The Morgan fingerprint density at radius 3 is 2.32 bits per heavy atom. The van der Waals surface area contributed by atoms with Crippen molar-refractivity contribution in [2.24, 2.45) is 10.2 Å². The molecule has 1 amide bonds. The monoisotopic (exact) mass is 457 g/mol. The molecule has 0 aromatic heterocycles. The van der Waals surface area contributed by atoms with Crippen LogP contribution in [-0.4, -0.2) is 51.8 Å². The summed E-state index contributed by atoms with van der Waals surface area (Å²) in [5.74, 6) is 0.731. The Balaban J connectivity index is 1.87. The average molecular weight is 458 g/mol. The number of carbonyl (C=O) groups excluding carboxylic acids is 2. The fourth-order valence-corrected chi connectivity index (χ4v) is 4.89. The maximum absolute atomic E-state index is 12.7. The van der Waals surface area contributed by atoms with E-state index in [1.165, 1.54) is 18.9 Å². The van der Waals surface area contributed by atoms with Crippen molar-refractivity contribution in [1.29, 1.82) is 0 Å².